The van der Waals surface area contributed by atoms with E-state index in [2.05, 4.69) is 5.32 Å². The molecule has 0 bridgehead atoms. The first-order valence-corrected chi connectivity index (χ1v) is 7.34. The highest BCUT2D eigenvalue weighted by molar-refractivity contribution is 6.35. The van der Waals surface area contributed by atoms with Crippen molar-refractivity contribution >= 4 is 29.1 Å². The molecule has 21 heavy (non-hydrogen) atoms. The first-order chi connectivity index (χ1) is 10.0. The van der Waals surface area contributed by atoms with Crippen LogP contribution in [0.3, 0.4) is 0 Å². The monoisotopic (exact) mass is 322 g/mol. The van der Waals surface area contributed by atoms with Crippen LogP contribution in [0.4, 0.5) is 0 Å². The minimum Gasteiger partial charge on any atom is -0.350 e. The lowest BCUT2D eigenvalue weighted by molar-refractivity contribution is 0.0951. The molecule has 0 radical (unpaired) electrons. The summed E-state index contributed by atoms with van der Waals surface area (Å²) in [6.07, 6.45) is 0.706. The largest absolute Gasteiger partial charge is 0.350 e. The summed E-state index contributed by atoms with van der Waals surface area (Å²) in [6.45, 7) is 0.387. The summed E-state index contributed by atoms with van der Waals surface area (Å²) < 4.78 is 0. The van der Waals surface area contributed by atoms with Crippen LogP contribution in [0.2, 0.25) is 10.0 Å². The van der Waals surface area contributed by atoms with Crippen molar-refractivity contribution < 1.29 is 4.79 Å². The summed E-state index contributed by atoms with van der Waals surface area (Å²) in [6, 6.07) is 14.5. The zero-order valence-electron chi connectivity index (χ0n) is 11.4. The smallest absolute Gasteiger partial charge is 0.251 e. The number of hydrogen-bond acceptors (Lipinski definition) is 2. The summed E-state index contributed by atoms with van der Waals surface area (Å²) in [5.41, 5.74) is 7.60. The highest BCUT2D eigenvalue weighted by atomic mass is 35.5. The van der Waals surface area contributed by atoms with Crippen molar-refractivity contribution in [2.45, 2.75) is 12.5 Å². The predicted molar refractivity (Wildman–Crippen MR) is 86.9 cm³/mol. The third-order valence-corrected chi connectivity index (χ3v) is 3.43. The minimum absolute atomic E-state index is 0.147. The molecule has 2 aromatic rings. The number of hydrogen-bond donors (Lipinski definition) is 2. The molecule has 0 aliphatic heterocycles. The standard InChI is InChI=1S/C16H16Cl2N2O/c17-13-7-12(8-14(18)9-13)16(21)20-10-15(19)6-11-4-2-1-3-5-11/h1-5,7-9,15H,6,10,19H2,(H,20,21)/t15-/m1/s1. The van der Waals surface area contributed by atoms with Gasteiger partial charge in [-0.3, -0.25) is 4.79 Å². The normalized spacial score (nSPS) is 12.0. The predicted octanol–water partition coefficient (Wildman–Crippen LogP) is 3.29. The Hall–Kier alpha value is -1.55. The Balaban J connectivity index is 1.88. The second kappa shape index (κ2) is 7.46. The van der Waals surface area contributed by atoms with Gasteiger partial charge < -0.3 is 11.1 Å². The maximum absolute atomic E-state index is 12.0. The number of nitrogens with one attached hydrogen (secondary N) is 1. The van der Waals surface area contributed by atoms with Gasteiger partial charge in [-0.05, 0) is 30.2 Å². The van der Waals surface area contributed by atoms with Gasteiger partial charge in [0.1, 0.15) is 0 Å². The third kappa shape index (κ3) is 5.05. The van der Waals surface area contributed by atoms with Crippen LogP contribution in [-0.2, 0) is 6.42 Å². The van der Waals surface area contributed by atoms with Gasteiger partial charge in [-0.15, -0.1) is 0 Å². The Kier molecular flexibility index (Phi) is 5.62. The van der Waals surface area contributed by atoms with Crippen molar-refractivity contribution in [3.05, 3.63) is 69.7 Å². The number of benzene rings is 2. The second-order valence-corrected chi connectivity index (χ2v) is 5.69. The van der Waals surface area contributed by atoms with E-state index in [4.69, 9.17) is 28.9 Å². The van der Waals surface area contributed by atoms with E-state index in [-0.39, 0.29) is 11.9 Å². The van der Waals surface area contributed by atoms with Gasteiger partial charge in [0.15, 0.2) is 0 Å². The number of nitrogens with two attached hydrogens (primary N) is 1. The first kappa shape index (κ1) is 15.8. The number of amides is 1. The fourth-order valence-corrected chi connectivity index (χ4v) is 2.53. The number of halogens is 2. The van der Waals surface area contributed by atoms with Crippen molar-refractivity contribution in [2.75, 3.05) is 6.54 Å². The highest BCUT2D eigenvalue weighted by Gasteiger charge is 2.10. The van der Waals surface area contributed by atoms with E-state index in [9.17, 15) is 4.79 Å². The molecule has 0 saturated carbocycles. The van der Waals surface area contributed by atoms with Gasteiger partial charge >= 0.3 is 0 Å². The van der Waals surface area contributed by atoms with Gasteiger partial charge in [0.05, 0.1) is 0 Å². The summed E-state index contributed by atoms with van der Waals surface area (Å²) in [5, 5.41) is 3.66. The molecule has 0 unspecified atom stereocenters. The molecule has 3 nitrogen and oxygen atoms in total. The SMILES string of the molecule is N[C@@H](CNC(=O)c1cc(Cl)cc(Cl)c1)Cc1ccccc1. The summed E-state index contributed by atoms with van der Waals surface area (Å²) >= 11 is 11.8. The van der Waals surface area contributed by atoms with Gasteiger partial charge in [0, 0.05) is 28.2 Å². The number of rotatable bonds is 5. The molecular weight excluding hydrogens is 307 g/mol. The van der Waals surface area contributed by atoms with Crippen LogP contribution < -0.4 is 11.1 Å². The van der Waals surface area contributed by atoms with Crippen molar-refractivity contribution in [1.29, 1.82) is 0 Å². The van der Waals surface area contributed by atoms with Gasteiger partial charge in [0.25, 0.3) is 5.91 Å². The average molecular weight is 323 g/mol. The molecule has 110 valence electrons. The van der Waals surface area contributed by atoms with Gasteiger partial charge in [-0.1, -0.05) is 53.5 Å². The fraction of sp³-hybridized carbons (Fsp3) is 0.188. The van der Waals surface area contributed by atoms with Gasteiger partial charge in [-0.2, -0.15) is 0 Å². The lowest BCUT2D eigenvalue weighted by atomic mass is 10.1. The van der Waals surface area contributed by atoms with Crippen LogP contribution >= 0.6 is 23.2 Å². The number of carbonyl (C=O) groups is 1. The summed E-state index contributed by atoms with van der Waals surface area (Å²) in [4.78, 5) is 12.0. The van der Waals surface area contributed by atoms with Crippen molar-refractivity contribution in [3.63, 3.8) is 0 Å². The van der Waals surface area contributed by atoms with Crippen LogP contribution in [0.5, 0.6) is 0 Å². The Morgan fingerprint density at radius 2 is 1.71 bits per heavy atom. The van der Waals surface area contributed by atoms with Crippen LogP contribution in [-0.4, -0.2) is 18.5 Å². The van der Waals surface area contributed by atoms with E-state index in [1.165, 1.54) is 0 Å². The Bertz CT molecular complexity index is 597. The molecule has 0 aliphatic rings. The van der Waals surface area contributed by atoms with Crippen molar-refractivity contribution in [2.24, 2.45) is 5.73 Å². The molecular formula is C16H16Cl2N2O. The van der Waals surface area contributed by atoms with E-state index in [1.54, 1.807) is 18.2 Å². The zero-order chi connectivity index (χ0) is 15.2. The minimum atomic E-state index is -0.233. The van der Waals surface area contributed by atoms with Gasteiger partial charge in [0.2, 0.25) is 0 Å². The van der Waals surface area contributed by atoms with Crippen LogP contribution in [0.15, 0.2) is 48.5 Å². The maximum atomic E-state index is 12.0. The summed E-state index contributed by atoms with van der Waals surface area (Å²) in [5.74, 6) is -0.233. The molecule has 0 aromatic heterocycles. The molecule has 0 saturated heterocycles. The molecule has 2 rings (SSSR count). The van der Waals surface area contributed by atoms with Crippen LogP contribution in [0, 0.1) is 0 Å². The maximum Gasteiger partial charge on any atom is 0.251 e. The molecule has 0 heterocycles. The van der Waals surface area contributed by atoms with Gasteiger partial charge in [-0.25, -0.2) is 0 Å². The molecule has 0 aliphatic carbocycles. The van der Waals surface area contributed by atoms with Crippen LogP contribution in [0.1, 0.15) is 15.9 Å². The van der Waals surface area contributed by atoms with E-state index >= 15 is 0 Å². The average Bonchev–Trinajstić information content (AvgIpc) is 2.45. The molecule has 1 atom stereocenters. The molecule has 5 heteroatoms. The van der Waals surface area contributed by atoms with Crippen LogP contribution in [0.25, 0.3) is 0 Å². The molecule has 3 N–H and O–H groups in total. The number of carbonyl (C=O) groups excluding carboxylic acids is 1. The van der Waals surface area contributed by atoms with E-state index in [1.807, 2.05) is 30.3 Å². The quantitative estimate of drug-likeness (QED) is 0.887. The molecule has 2 aromatic carbocycles. The van der Waals surface area contributed by atoms with Crippen molar-refractivity contribution in [1.82, 2.24) is 5.32 Å². The summed E-state index contributed by atoms with van der Waals surface area (Å²) in [7, 11) is 0. The first-order valence-electron chi connectivity index (χ1n) is 6.58. The van der Waals surface area contributed by atoms with E-state index in [0.717, 1.165) is 5.56 Å². The highest BCUT2D eigenvalue weighted by Crippen LogP contribution is 2.18. The molecule has 0 fully saturated rings. The fourth-order valence-electron chi connectivity index (χ4n) is 2.00. The Morgan fingerprint density at radius 3 is 2.33 bits per heavy atom. The Labute approximate surface area is 134 Å². The lowest BCUT2D eigenvalue weighted by Gasteiger charge is -2.13. The van der Waals surface area contributed by atoms with E-state index < -0.39 is 0 Å². The Morgan fingerprint density at radius 1 is 1.10 bits per heavy atom. The molecule has 0 spiro atoms. The zero-order valence-corrected chi connectivity index (χ0v) is 12.9. The third-order valence-electron chi connectivity index (χ3n) is 2.99. The topological polar surface area (TPSA) is 55.1 Å². The molecule has 1 amide bonds. The van der Waals surface area contributed by atoms with E-state index in [0.29, 0.717) is 28.6 Å². The lowest BCUT2D eigenvalue weighted by Crippen LogP contribution is -2.38. The van der Waals surface area contributed by atoms with Crippen molar-refractivity contribution in [3.8, 4) is 0 Å². The second-order valence-electron chi connectivity index (χ2n) is 4.82.